The lowest BCUT2D eigenvalue weighted by molar-refractivity contribution is 0.0271. The zero-order valence-corrected chi connectivity index (χ0v) is 22.9. The van der Waals surface area contributed by atoms with Crippen LogP contribution in [0.5, 0.6) is 0 Å². The summed E-state index contributed by atoms with van der Waals surface area (Å²) in [7, 11) is 0. The monoisotopic (exact) mass is 549 g/mol. The van der Waals surface area contributed by atoms with Gasteiger partial charge in [-0.25, -0.2) is 18.6 Å². The maximum absolute atomic E-state index is 14.3. The Kier molecular flexibility index (Phi) is 7.04. The number of benzene rings is 2. The third kappa shape index (κ3) is 4.64. The molecule has 1 saturated carbocycles. The van der Waals surface area contributed by atoms with Gasteiger partial charge in [-0.3, -0.25) is 4.90 Å². The van der Waals surface area contributed by atoms with Gasteiger partial charge < -0.3 is 19.1 Å². The number of nitrogens with zero attached hydrogens (tertiary/aromatic N) is 4. The molecule has 2 aromatic heterocycles. The maximum atomic E-state index is 14.3. The van der Waals surface area contributed by atoms with E-state index in [-0.39, 0.29) is 23.9 Å². The second-order valence-electron chi connectivity index (χ2n) is 10.6. The average molecular weight is 550 g/mol. The molecule has 8 nitrogen and oxygen atoms in total. The smallest absolute Gasteiger partial charge is 0.322 e. The summed E-state index contributed by atoms with van der Waals surface area (Å²) in [6.07, 6.45) is 4.51. The third-order valence-corrected chi connectivity index (χ3v) is 8.15. The molecule has 4 aromatic rings. The molecule has 210 valence electrons. The summed E-state index contributed by atoms with van der Waals surface area (Å²) in [6, 6.07) is 9.08. The van der Waals surface area contributed by atoms with Gasteiger partial charge in [-0.2, -0.15) is 0 Å². The lowest BCUT2D eigenvalue weighted by atomic mass is 9.92. The normalized spacial score (nSPS) is 21.7. The maximum Gasteiger partial charge on any atom is 0.322 e. The molecule has 2 amide bonds. The summed E-state index contributed by atoms with van der Waals surface area (Å²) in [4.78, 5) is 19.8. The minimum atomic E-state index is -0.999. The van der Waals surface area contributed by atoms with Crippen LogP contribution in [0.1, 0.15) is 68.4 Å². The van der Waals surface area contributed by atoms with E-state index in [2.05, 4.69) is 27.2 Å². The SMILES string of the molecule is CCOC1CCC(n2c(C3CCNC(=O)N3c3ccc(F)c(F)c3)nc3cc(-c4c(C)noc4C)ccc32)CC1. The third-order valence-electron chi connectivity index (χ3n) is 8.15. The number of ether oxygens (including phenoxy) is 1. The average Bonchev–Trinajstić information content (AvgIpc) is 3.49. The summed E-state index contributed by atoms with van der Waals surface area (Å²) in [5, 5.41) is 6.97. The first-order valence-electron chi connectivity index (χ1n) is 13.9. The highest BCUT2D eigenvalue weighted by molar-refractivity contribution is 5.94. The van der Waals surface area contributed by atoms with Crippen LogP contribution in [0, 0.1) is 25.5 Å². The molecular weight excluding hydrogens is 516 g/mol. The number of hydrogen-bond donors (Lipinski definition) is 1. The van der Waals surface area contributed by atoms with Crippen molar-refractivity contribution in [3.63, 3.8) is 0 Å². The van der Waals surface area contributed by atoms with E-state index in [1.165, 1.54) is 11.0 Å². The summed E-state index contributed by atoms with van der Waals surface area (Å²) >= 11 is 0. The molecule has 2 aliphatic rings. The molecule has 0 radical (unpaired) electrons. The van der Waals surface area contributed by atoms with E-state index in [1.54, 1.807) is 0 Å². The van der Waals surface area contributed by atoms with Crippen molar-refractivity contribution >= 4 is 22.8 Å². The molecule has 1 atom stereocenters. The lowest BCUT2D eigenvalue weighted by Gasteiger charge is -2.37. The number of carbonyl (C=O) groups excluding carboxylic acids is 1. The number of hydrogen-bond acceptors (Lipinski definition) is 5. The Bertz CT molecular complexity index is 1540. The molecule has 2 aromatic carbocycles. The first-order valence-corrected chi connectivity index (χ1v) is 13.9. The number of carbonyl (C=O) groups is 1. The van der Waals surface area contributed by atoms with Crippen LogP contribution in [0.25, 0.3) is 22.2 Å². The Morgan fingerprint density at radius 3 is 2.55 bits per heavy atom. The molecule has 1 unspecified atom stereocenters. The number of fused-ring (bicyclic) bond motifs is 1. The molecule has 40 heavy (non-hydrogen) atoms. The van der Waals surface area contributed by atoms with Gasteiger partial charge in [-0.05, 0) is 82.7 Å². The fraction of sp³-hybridized carbons (Fsp3) is 0.433. The molecule has 1 saturated heterocycles. The first kappa shape index (κ1) is 26.4. The van der Waals surface area contributed by atoms with Gasteiger partial charge in [0.15, 0.2) is 11.6 Å². The highest BCUT2D eigenvalue weighted by atomic mass is 19.2. The molecule has 1 N–H and O–H groups in total. The van der Waals surface area contributed by atoms with Crippen molar-refractivity contribution in [3.8, 4) is 11.1 Å². The number of urea groups is 1. The van der Waals surface area contributed by atoms with Crippen LogP contribution >= 0.6 is 0 Å². The largest absolute Gasteiger partial charge is 0.379 e. The zero-order chi connectivity index (χ0) is 28.0. The van der Waals surface area contributed by atoms with Crippen molar-refractivity contribution in [2.24, 2.45) is 0 Å². The van der Waals surface area contributed by atoms with Crippen LogP contribution in [0.15, 0.2) is 40.9 Å². The number of aromatic nitrogens is 3. The van der Waals surface area contributed by atoms with E-state index in [0.717, 1.165) is 77.3 Å². The fourth-order valence-corrected chi connectivity index (χ4v) is 6.34. The van der Waals surface area contributed by atoms with E-state index in [0.29, 0.717) is 19.6 Å². The van der Waals surface area contributed by atoms with Crippen LogP contribution in [0.2, 0.25) is 0 Å². The van der Waals surface area contributed by atoms with Gasteiger partial charge in [-0.1, -0.05) is 11.2 Å². The van der Waals surface area contributed by atoms with E-state index in [9.17, 15) is 13.6 Å². The first-order chi connectivity index (χ1) is 19.4. The Hall–Kier alpha value is -3.79. The summed E-state index contributed by atoms with van der Waals surface area (Å²) in [6.45, 7) is 6.97. The predicted molar refractivity (Wildman–Crippen MR) is 147 cm³/mol. The van der Waals surface area contributed by atoms with Crippen molar-refractivity contribution in [1.82, 2.24) is 20.0 Å². The standard InChI is InChI=1S/C30H33F2N5O3/c1-4-39-22-9-6-20(7-10-22)36-26-12-5-19(28-17(2)35-40-18(28)3)15-25(26)34-29(36)27-13-14-33-30(38)37(27)21-8-11-23(31)24(32)16-21/h5,8,11-12,15-16,20,22,27H,4,6-7,9-10,13-14H2,1-3H3,(H,33,38). The van der Waals surface area contributed by atoms with Gasteiger partial charge in [0.1, 0.15) is 11.6 Å². The number of amides is 2. The van der Waals surface area contributed by atoms with Crippen molar-refractivity contribution < 1.29 is 22.8 Å². The molecule has 1 aliphatic carbocycles. The Labute approximate surface area is 231 Å². The second kappa shape index (κ2) is 10.6. The number of nitrogens with one attached hydrogen (secondary N) is 1. The second-order valence-corrected chi connectivity index (χ2v) is 10.6. The van der Waals surface area contributed by atoms with Crippen LogP contribution < -0.4 is 10.2 Å². The van der Waals surface area contributed by atoms with Crippen LogP contribution in [0.3, 0.4) is 0 Å². The molecule has 0 bridgehead atoms. The minimum absolute atomic E-state index is 0.165. The van der Waals surface area contributed by atoms with Crippen LogP contribution in [-0.2, 0) is 4.74 Å². The Morgan fingerprint density at radius 1 is 1.05 bits per heavy atom. The van der Waals surface area contributed by atoms with Gasteiger partial charge >= 0.3 is 6.03 Å². The Morgan fingerprint density at radius 2 is 1.85 bits per heavy atom. The van der Waals surface area contributed by atoms with E-state index < -0.39 is 17.7 Å². The number of imidazole rings is 1. The molecule has 1 aliphatic heterocycles. The highest BCUT2D eigenvalue weighted by Crippen LogP contribution is 2.40. The number of rotatable bonds is 6. The Balaban J connectivity index is 1.48. The minimum Gasteiger partial charge on any atom is -0.379 e. The summed E-state index contributed by atoms with van der Waals surface area (Å²) in [5.41, 5.74) is 4.77. The molecule has 0 spiro atoms. The van der Waals surface area contributed by atoms with Gasteiger partial charge in [-0.15, -0.1) is 0 Å². The van der Waals surface area contributed by atoms with Crippen LogP contribution in [-0.4, -0.2) is 40.0 Å². The number of aryl methyl sites for hydroxylation is 2. The highest BCUT2D eigenvalue weighted by Gasteiger charge is 2.37. The number of anilines is 1. The van der Waals surface area contributed by atoms with E-state index in [4.69, 9.17) is 14.2 Å². The topological polar surface area (TPSA) is 85.4 Å². The van der Waals surface area contributed by atoms with Gasteiger partial charge in [0.2, 0.25) is 0 Å². The van der Waals surface area contributed by atoms with Crippen molar-refractivity contribution in [2.75, 3.05) is 18.1 Å². The van der Waals surface area contributed by atoms with Gasteiger partial charge in [0.25, 0.3) is 0 Å². The van der Waals surface area contributed by atoms with Crippen molar-refractivity contribution in [1.29, 1.82) is 0 Å². The van der Waals surface area contributed by atoms with Gasteiger partial charge in [0, 0.05) is 36.5 Å². The predicted octanol–water partition coefficient (Wildman–Crippen LogP) is 6.77. The van der Waals surface area contributed by atoms with E-state index in [1.807, 2.05) is 26.8 Å². The molecule has 10 heteroatoms. The number of halogens is 2. The summed E-state index contributed by atoms with van der Waals surface area (Å²) in [5.74, 6) is -0.478. The molecular formula is C30H33F2N5O3. The molecule has 3 heterocycles. The van der Waals surface area contributed by atoms with Crippen LogP contribution in [0.4, 0.5) is 19.3 Å². The zero-order valence-electron chi connectivity index (χ0n) is 22.9. The fourth-order valence-electron chi connectivity index (χ4n) is 6.34. The van der Waals surface area contributed by atoms with Gasteiger partial charge in [0.05, 0.1) is 28.9 Å². The molecule has 6 rings (SSSR count). The quantitative estimate of drug-likeness (QED) is 0.287. The molecule has 2 fully saturated rings. The summed E-state index contributed by atoms with van der Waals surface area (Å²) < 4.78 is 41.7. The lowest BCUT2D eigenvalue weighted by Crippen LogP contribution is -2.49. The van der Waals surface area contributed by atoms with E-state index >= 15 is 0 Å². The van der Waals surface area contributed by atoms with Crippen molar-refractivity contribution in [3.05, 3.63) is 65.3 Å². The van der Waals surface area contributed by atoms with Crippen molar-refractivity contribution in [2.45, 2.75) is 71.1 Å².